The van der Waals surface area contributed by atoms with Gasteiger partial charge in [0.1, 0.15) is 0 Å². The van der Waals surface area contributed by atoms with Crippen molar-refractivity contribution in [3.8, 4) is 0 Å². The van der Waals surface area contributed by atoms with E-state index in [2.05, 4.69) is 15.4 Å². The molecule has 2 rings (SSSR count). The summed E-state index contributed by atoms with van der Waals surface area (Å²) in [7, 11) is 1.30. The summed E-state index contributed by atoms with van der Waals surface area (Å²) in [5.41, 5.74) is 1.40. The van der Waals surface area contributed by atoms with E-state index in [0.717, 1.165) is 11.0 Å². The minimum absolute atomic E-state index is 0.0642. The quantitative estimate of drug-likeness (QED) is 0.335. The van der Waals surface area contributed by atoms with Gasteiger partial charge in [-0.3, -0.25) is 9.59 Å². The summed E-state index contributed by atoms with van der Waals surface area (Å²) < 4.78 is 4.62. The van der Waals surface area contributed by atoms with E-state index in [1.165, 1.54) is 25.8 Å². The van der Waals surface area contributed by atoms with Crippen LogP contribution in [-0.4, -0.2) is 41.7 Å². The van der Waals surface area contributed by atoms with Crippen molar-refractivity contribution in [1.29, 1.82) is 0 Å². The Hall–Kier alpha value is -3.59. The molecule has 2 aromatic carbocycles. The summed E-state index contributed by atoms with van der Waals surface area (Å²) in [5.74, 6) is -2.18. The first kappa shape index (κ1) is 22.7. The molecule has 0 aliphatic heterocycles. The molecule has 8 nitrogen and oxygen atoms in total. The second-order valence-corrected chi connectivity index (χ2v) is 7.10. The summed E-state index contributed by atoms with van der Waals surface area (Å²) in [4.78, 5) is 46.8. The molecule has 156 valence electrons. The van der Waals surface area contributed by atoms with Crippen LogP contribution in [0.4, 0.5) is 11.4 Å². The number of hydrogen-bond acceptors (Lipinski definition) is 6. The lowest BCUT2D eigenvalue weighted by Crippen LogP contribution is -2.14. The van der Waals surface area contributed by atoms with Crippen LogP contribution in [-0.2, 0) is 19.1 Å². The van der Waals surface area contributed by atoms with Crippen LogP contribution in [0.5, 0.6) is 0 Å². The van der Waals surface area contributed by atoms with Gasteiger partial charge in [0.15, 0.2) is 0 Å². The van der Waals surface area contributed by atoms with Gasteiger partial charge in [0.25, 0.3) is 0 Å². The average Bonchev–Trinajstić information content (AvgIpc) is 2.73. The van der Waals surface area contributed by atoms with Crippen LogP contribution in [0.1, 0.15) is 17.3 Å². The summed E-state index contributed by atoms with van der Waals surface area (Å²) in [6.07, 6.45) is 1.01. The van der Waals surface area contributed by atoms with Crippen molar-refractivity contribution in [2.45, 2.75) is 11.8 Å². The van der Waals surface area contributed by atoms with Crippen molar-refractivity contribution in [3.63, 3.8) is 0 Å². The zero-order valence-corrected chi connectivity index (χ0v) is 17.1. The highest BCUT2D eigenvalue weighted by Gasteiger charge is 2.08. The number of esters is 1. The Morgan fingerprint density at radius 1 is 0.967 bits per heavy atom. The SMILES string of the molecule is COC(=O)c1ccc(NC(=O)CSc2ccc(NC(=O)/C=C(\C)C(=O)O)cc2)cc1. The predicted molar refractivity (Wildman–Crippen MR) is 114 cm³/mol. The number of carboxylic acid groups (broad SMARTS) is 1. The largest absolute Gasteiger partial charge is 0.478 e. The highest BCUT2D eigenvalue weighted by Crippen LogP contribution is 2.21. The standard InChI is InChI=1S/C21H20N2O6S/c1-13(20(26)27)11-18(24)22-16-7-9-17(10-8-16)30-12-19(25)23-15-5-3-14(4-6-15)21(28)29-2/h3-11H,12H2,1-2H3,(H,22,24)(H,23,25)(H,26,27)/b13-11+. The Bertz CT molecular complexity index is 968. The molecule has 0 aliphatic carbocycles. The number of aliphatic carboxylic acids is 1. The molecule has 0 radical (unpaired) electrons. The van der Waals surface area contributed by atoms with Crippen molar-refractivity contribution < 1.29 is 29.0 Å². The summed E-state index contributed by atoms with van der Waals surface area (Å²) in [6, 6.07) is 13.2. The van der Waals surface area contributed by atoms with E-state index in [9.17, 15) is 19.2 Å². The van der Waals surface area contributed by atoms with Crippen LogP contribution in [0.2, 0.25) is 0 Å². The molecule has 0 unspecified atom stereocenters. The van der Waals surface area contributed by atoms with E-state index in [1.54, 1.807) is 48.5 Å². The number of carbonyl (C=O) groups is 4. The van der Waals surface area contributed by atoms with Gasteiger partial charge in [0.2, 0.25) is 11.8 Å². The van der Waals surface area contributed by atoms with E-state index >= 15 is 0 Å². The van der Waals surface area contributed by atoms with Crippen LogP contribution in [0, 0.1) is 0 Å². The number of ether oxygens (including phenoxy) is 1. The van der Waals surface area contributed by atoms with Gasteiger partial charge >= 0.3 is 11.9 Å². The number of rotatable bonds is 8. The minimum Gasteiger partial charge on any atom is -0.478 e. The second kappa shape index (κ2) is 10.8. The third-order valence-electron chi connectivity index (χ3n) is 3.77. The monoisotopic (exact) mass is 428 g/mol. The summed E-state index contributed by atoms with van der Waals surface area (Å²) in [5, 5.41) is 14.1. The summed E-state index contributed by atoms with van der Waals surface area (Å²) >= 11 is 1.31. The zero-order valence-electron chi connectivity index (χ0n) is 16.3. The topological polar surface area (TPSA) is 122 Å². The van der Waals surface area contributed by atoms with Crippen LogP contribution < -0.4 is 10.6 Å². The van der Waals surface area contributed by atoms with Crippen LogP contribution >= 0.6 is 11.8 Å². The molecular weight excluding hydrogens is 408 g/mol. The second-order valence-electron chi connectivity index (χ2n) is 6.05. The molecule has 2 aromatic rings. The van der Waals surface area contributed by atoms with E-state index in [1.807, 2.05) is 0 Å². The molecule has 30 heavy (non-hydrogen) atoms. The molecule has 2 amide bonds. The van der Waals surface area contributed by atoms with Gasteiger partial charge in [-0.15, -0.1) is 11.8 Å². The van der Waals surface area contributed by atoms with E-state index in [-0.39, 0.29) is 17.2 Å². The number of anilines is 2. The van der Waals surface area contributed by atoms with Gasteiger partial charge in [-0.25, -0.2) is 9.59 Å². The van der Waals surface area contributed by atoms with Gasteiger partial charge in [-0.2, -0.15) is 0 Å². The van der Waals surface area contributed by atoms with E-state index in [0.29, 0.717) is 16.9 Å². The zero-order chi connectivity index (χ0) is 22.1. The molecular formula is C21H20N2O6S. The maximum atomic E-state index is 12.1. The van der Waals surface area contributed by atoms with E-state index < -0.39 is 17.8 Å². The molecule has 0 bridgehead atoms. The number of amides is 2. The Morgan fingerprint density at radius 2 is 1.53 bits per heavy atom. The maximum absolute atomic E-state index is 12.1. The molecule has 0 aliphatic rings. The molecule has 0 spiro atoms. The van der Waals surface area contributed by atoms with Gasteiger partial charge in [0, 0.05) is 27.9 Å². The van der Waals surface area contributed by atoms with E-state index in [4.69, 9.17) is 5.11 Å². The Morgan fingerprint density at radius 3 is 2.10 bits per heavy atom. The normalized spacial score (nSPS) is 10.8. The van der Waals surface area contributed by atoms with Crippen LogP contribution in [0.3, 0.4) is 0 Å². The van der Waals surface area contributed by atoms with Crippen LogP contribution in [0.25, 0.3) is 0 Å². The first-order valence-corrected chi connectivity index (χ1v) is 9.70. The van der Waals surface area contributed by atoms with Gasteiger partial charge in [-0.05, 0) is 55.5 Å². The van der Waals surface area contributed by atoms with Crippen molar-refractivity contribution in [1.82, 2.24) is 0 Å². The van der Waals surface area contributed by atoms with Crippen molar-refractivity contribution in [2.24, 2.45) is 0 Å². The van der Waals surface area contributed by atoms with Gasteiger partial charge < -0.3 is 20.5 Å². The number of carbonyl (C=O) groups excluding carboxylic acids is 3. The Balaban J connectivity index is 1.84. The molecule has 0 saturated heterocycles. The Labute approximate surface area is 177 Å². The fraction of sp³-hybridized carbons (Fsp3) is 0.143. The lowest BCUT2D eigenvalue weighted by atomic mass is 10.2. The smallest absolute Gasteiger partial charge is 0.337 e. The first-order valence-electron chi connectivity index (χ1n) is 8.72. The Kier molecular flexibility index (Phi) is 8.18. The molecule has 0 aromatic heterocycles. The number of thioether (sulfide) groups is 1. The number of carboxylic acids is 1. The third-order valence-corrected chi connectivity index (χ3v) is 4.78. The number of benzene rings is 2. The van der Waals surface area contributed by atoms with Crippen molar-refractivity contribution in [3.05, 3.63) is 65.7 Å². The van der Waals surface area contributed by atoms with Crippen LogP contribution in [0.15, 0.2) is 65.1 Å². The molecule has 3 N–H and O–H groups in total. The lowest BCUT2D eigenvalue weighted by molar-refractivity contribution is -0.132. The van der Waals surface area contributed by atoms with Gasteiger partial charge in [0.05, 0.1) is 18.4 Å². The number of methoxy groups -OCH3 is 1. The third kappa shape index (κ3) is 7.10. The molecule has 0 heterocycles. The molecule has 9 heteroatoms. The fourth-order valence-corrected chi connectivity index (χ4v) is 2.92. The average molecular weight is 428 g/mol. The maximum Gasteiger partial charge on any atom is 0.337 e. The predicted octanol–water partition coefficient (Wildman–Crippen LogP) is 3.17. The molecule has 0 atom stereocenters. The highest BCUT2D eigenvalue weighted by molar-refractivity contribution is 8.00. The highest BCUT2D eigenvalue weighted by atomic mass is 32.2. The lowest BCUT2D eigenvalue weighted by Gasteiger charge is -2.07. The van der Waals surface area contributed by atoms with Gasteiger partial charge in [-0.1, -0.05) is 0 Å². The number of hydrogen-bond donors (Lipinski definition) is 3. The summed E-state index contributed by atoms with van der Waals surface area (Å²) in [6.45, 7) is 1.33. The van der Waals surface area contributed by atoms with Crippen molar-refractivity contribution in [2.75, 3.05) is 23.5 Å². The minimum atomic E-state index is -1.16. The fourth-order valence-electron chi connectivity index (χ4n) is 2.22. The molecule has 0 fully saturated rings. The number of nitrogens with one attached hydrogen (secondary N) is 2. The molecule has 0 saturated carbocycles. The van der Waals surface area contributed by atoms with Crippen molar-refractivity contribution >= 4 is 46.9 Å². The first-order chi connectivity index (χ1) is 14.3.